The molecule has 0 fully saturated rings. The predicted octanol–water partition coefficient (Wildman–Crippen LogP) is 3.30. The molecule has 0 radical (unpaired) electrons. The van der Waals surface area contributed by atoms with Gasteiger partial charge < -0.3 is 5.11 Å². The van der Waals surface area contributed by atoms with Crippen molar-refractivity contribution >= 4 is 5.97 Å². The minimum absolute atomic E-state index is 0.196. The zero-order chi connectivity index (χ0) is 15.4. The molecule has 1 N–H and O–H groups in total. The number of nitrogens with zero attached hydrogens (tertiary/aromatic N) is 1. The number of hydrogen-bond acceptors (Lipinski definition) is 2. The number of halogens is 2. The van der Waals surface area contributed by atoms with Gasteiger partial charge in [0.05, 0.1) is 5.56 Å². The molecule has 2 rings (SSSR count). The average Bonchev–Trinajstić information content (AvgIpc) is 2.43. The van der Waals surface area contributed by atoms with Crippen LogP contribution in [-0.4, -0.2) is 23.0 Å². The number of benzene rings is 2. The van der Waals surface area contributed by atoms with Crippen LogP contribution in [0.15, 0.2) is 42.5 Å². The van der Waals surface area contributed by atoms with Crippen molar-refractivity contribution in [3.63, 3.8) is 0 Å². The van der Waals surface area contributed by atoms with E-state index in [-0.39, 0.29) is 23.5 Å². The van der Waals surface area contributed by atoms with Crippen molar-refractivity contribution in [3.8, 4) is 0 Å². The van der Waals surface area contributed by atoms with Crippen molar-refractivity contribution in [2.75, 3.05) is 7.05 Å². The number of carboxylic acids is 1. The van der Waals surface area contributed by atoms with Crippen LogP contribution in [0, 0.1) is 11.6 Å². The normalized spacial score (nSPS) is 10.9. The maximum Gasteiger partial charge on any atom is 0.338 e. The van der Waals surface area contributed by atoms with Gasteiger partial charge in [-0.25, -0.2) is 13.6 Å². The Bertz CT molecular complexity index is 658. The first-order chi connectivity index (χ1) is 9.99. The standard InChI is InChI=1S/C16H15F2NO2/c1-19(9-11-5-2-3-8-14(11)17)10-12-6-4-7-13(15(12)18)16(20)21/h2-8H,9-10H2,1H3,(H,20,21). The number of carboxylic acid groups (broad SMARTS) is 1. The van der Waals surface area contributed by atoms with Gasteiger partial charge in [-0.1, -0.05) is 30.3 Å². The van der Waals surface area contributed by atoms with Gasteiger partial charge in [0.1, 0.15) is 11.6 Å². The Hall–Kier alpha value is -2.27. The molecule has 0 heterocycles. The Balaban J connectivity index is 2.13. The van der Waals surface area contributed by atoms with Gasteiger partial charge in [-0.2, -0.15) is 0 Å². The van der Waals surface area contributed by atoms with Crippen LogP contribution in [0.3, 0.4) is 0 Å². The zero-order valence-corrected chi connectivity index (χ0v) is 11.5. The molecule has 110 valence electrons. The molecular weight excluding hydrogens is 276 g/mol. The quantitative estimate of drug-likeness (QED) is 0.919. The van der Waals surface area contributed by atoms with Gasteiger partial charge >= 0.3 is 5.97 Å². The smallest absolute Gasteiger partial charge is 0.338 e. The van der Waals surface area contributed by atoms with Crippen LogP contribution in [0.5, 0.6) is 0 Å². The molecule has 0 unspecified atom stereocenters. The van der Waals surface area contributed by atoms with Gasteiger partial charge in [0, 0.05) is 24.2 Å². The van der Waals surface area contributed by atoms with Crippen LogP contribution in [-0.2, 0) is 13.1 Å². The summed E-state index contributed by atoms with van der Waals surface area (Å²) in [5.41, 5.74) is 0.426. The van der Waals surface area contributed by atoms with Gasteiger partial charge in [-0.05, 0) is 19.2 Å². The van der Waals surface area contributed by atoms with Crippen molar-refractivity contribution in [1.82, 2.24) is 4.90 Å². The maximum absolute atomic E-state index is 14.0. The summed E-state index contributed by atoms with van der Waals surface area (Å²) >= 11 is 0. The van der Waals surface area contributed by atoms with Crippen molar-refractivity contribution in [3.05, 3.63) is 70.8 Å². The van der Waals surface area contributed by atoms with E-state index in [1.165, 1.54) is 24.3 Å². The number of carbonyl (C=O) groups is 1. The fraction of sp³-hybridized carbons (Fsp3) is 0.188. The maximum atomic E-state index is 14.0. The topological polar surface area (TPSA) is 40.5 Å². The van der Waals surface area contributed by atoms with Gasteiger partial charge in [-0.15, -0.1) is 0 Å². The lowest BCUT2D eigenvalue weighted by atomic mass is 10.1. The van der Waals surface area contributed by atoms with Crippen molar-refractivity contribution in [1.29, 1.82) is 0 Å². The van der Waals surface area contributed by atoms with Crippen LogP contribution < -0.4 is 0 Å². The SMILES string of the molecule is CN(Cc1ccccc1F)Cc1cccc(C(=O)O)c1F. The average molecular weight is 291 g/mol. The fourth-order valence-corrected chi connectivity index (χ4v) is 2.13. The summed E-state index contributed by atoms with van der Waals surface area (Å²) in [5, 5.41) is 8.89. The molecule has 21 heavy (non-hydrogen) atoms. The second-order valence-corrected chi connectivity index (χ2v) is 4.85. The monoisotopic (exact) mass is 291 g/mol. The molecule has 2 aromatic rings. The molecule has 0 aromatic heterocycles. The van der Waals surface area contributed by atoms with Crippen LogP contribution in [0.2, 0.25) is 0 Å². The molecule has 0 aliphatic rings. The number of rotatable bonds is 5. The summed E-state index contributed by atoms with van der Waals surface area (Å²) in [6, 6.07) is 10.6. The van der Waals surface area contributed by atoms with Crippen LogP contribution in [0.25, 0.3) is 0 Å². The number of hydrogen-bond donors (Lipinski definition) is 1. The van der Waals surface area contributed by atoms with Gasteiger partial charge in [0.2, 0.25) is 0 Å². The van der Waals surface area contributed by atoms with Gasteiger partial charge in [0.15, 0.2) is 0 Å². The van der Waals surface area contributed by atoms with E-state index in [0.717, 1.165) is 0 Å². The van der Waals surface area contributed by atoms with E-state index in [4.69, 9.17) is 5.11 Å². The minimum atomic E-state index is -1.30. The highest BCUT2D eigenvalue weighted by molar-refractivity contribution is 5.88. The molecule has 0 aliphatic heterocycles. The first-order valence-electron chi connectivity index (χ1n) is 6.41. The first kappa shape index (κ1) is 15.1. The Morgan fingerprint density at radius 3 is 2.33 bits per heavy atom. The summed E-state index contributed by atoms with van der Waals surface area (Å²) in [7, 11) is 1.72. The molecule has 0 atom stereocenters. The third kappa shape index (κ3) is 3.64. The minimum Gasteiger partial charge on any atom is -0.478 e. The van der Waals surface area contributed by atoms with E-state index in [2.05, 4.69) is 0 Å². The van der Waals surface area contributed by atoms with Crippen LogP contribution in [0.1, 0.15) is 21.5 Å². The summed E-state index contributed by atoms with van der Waals surface area (Å²) in [5.74, 6) is -2.36. The molecule has 0 bridgehead atoms. The second-order valence-electron chi connectivity index (χ2n) is 4.85. The molecule has 3 nitrogen and oxygen atoms in total. The molecule has 0 amide bonds. The molecule has 0 saturated carbocycles. The van der Waals surface area contributed by atoms with Crippen LogP contribution in [0.4, 0.5) is 8.78 Å². The van der Waals surface area contributed by atoms with E-state index in [1.807, 2.05) is 0 Å². The van der Waals surface area contributed by atoms with E-state index < -0.39 is 11.8 Å². The van der Waals surface area contributed by atoms with Crippen molar-refractivity contribution in [2.45, 2.75) is 13.1 Å². The third-order valence-corrected chi connectivity index (χ3v) is 3.15. The number of aromatic carboxylic acids is 1. The van der Waals surface area contributed by atoms with E-state index in [0.29, 0.717) is 12.1 Å². The predicted molar refractivity (Wildman–Crippen MR) is 74.9 cm³/mol. The molecular formula is C16H15F2NO2. The Labute approximate surface area is 121 Å². The summed E-state index contributed by atoms with van der Waals surface area (Å²) in [6.07, 6.45) is 0. The highest BCUT2D eigenvalue weighted by atomic mass is 19.1. The summed E-state index contributed by atoms with van der Waals surface area (Å²) < 4.78 is 27.6. The largest absolute Gasteiger partial charge is 0.478 e. The molecule has 0 aliphatic carbocycles. The molecule has 0 spiro atoms. The Morgan fingerprint density at radius 1 is 1.05 bits per heavy atom. The zero-order valence-electron chi connectivity index (χ0n) is 11.5. The molecule has 5 heteroatoms. The lowest BCUT2D eigenvalue weighted by Crippen LogP contribution is -2.19. The third-order valence-electron chi connectivity index (χ3n) is 3.15. The first-order valence-corrected chi connectivity index (χ1v) is 6.41. The Morgan fingerprint density at radius 2 is 1.67 bits per heavy atom. The molecule has 0 saturated heterocycles. The lowest BCUT2D eigenvalue weighted by Gasteiger charge is -2.18. The Kier molecular flexibility index (Phi) is 4.65. The lowest BCUT2D eigenvalue weighted by molar-refractivity contribution is 0.0691. The highest BCUT2D eigenvalue weighted by Gasteiger charge is 2.15. The second kappa shape index (κ2) is 6.45. The van der Waals surface area contributed by atoms with E-state index in [1.54, 1.807) is 30.1 Å². The van der Waals surface area contributed by atoms with Gasteiger partial charge in [-0.3, -0.25) is 4.90 Å². The molecule has 2 aromatic carbocycles. The fourth-order valence-electron chi connectivity index (χ4n) is 2.13. The summed E-state index contributed by atoms with van der Waals surface area (Å²) in [4.78, 5) is 12.6. The summed E-state index contributed by atoms with van der Waals surface area (Å²) in [6.45, 7) is 0.505. The van der Waals surface area contributed by atoms with Crippen molar-refractivity contribution in [2.24, 2.45) is 0 Å². The van der Waals surface area contributed by atoms with Crippen molar-refractivity contribution < 1.29 is 18.7 Å². The highest BCUT2D eigenvalue weighted by Crippen LogP contribution is 2.16. The van der Waals surface area contributed by atoms with E-state index in [9.17, 15) is 13.6 Å². The van der Waals surface area contributed by atoms with Gasteiger partial charge in [0.25, 0.3) is 0 Å². The van der Waals surface area contributed by atoms with Crippen LogP contribution >= 0.6 is 0 Å². The van der Waals surface area contributed by atoms with E-state index >= 15 is 0 Å².